The molecule has 3 amide bonds. The zero-order chi connectivity index (χ0) is 35.3. The second-order valence-electron chi connectivity index (χ2n) is 10.1. The Kier molecular flexibility index (Phi) is 14.8. The summed E-state index contributed by atoms with van der Waals surface area (Å²) in [5.41, 5.74) is 5.96. The number of nitrogens with zero attached hydrogens (tertiary/aromatic N) is 1. The number of aromatic nitrogens is 2. The molecule has 1 aliphatic heterocycles. The predicted octanol–water partition coefficient (Wildman–Crippen LogP) is -2.87. The highest BCUT2D eigenvalue weighted by atomic mass is 31.2. The topological polar surface area (TPSA) is 339 Å². The molecule has 47 heavy (non-hydrogen) atoms. The highest BCUT2D eigenvalue weighted by Crippen LogP contribution is 2.42. The molecule has 0 fully saturated rings. The van der Waals surface area contributed by atoms with Crippen molar-refractivity contribution < 1.29 is 72.4 Å². The van der Waals surface area contributed by atoms with Crippen LogP contribution in [0, 0.1) is 0 Å². The smallest absolute Gasteiger partial charge is 0.505 e. The second kappa shape index (κ2) is 18.0. The lowest BCUT2D eigenvalue weighted by atomic mass is 10.1. The number of unbranched alkanes of at least 4 members (excludes halogenated alkanes) is 1. The molecule has 21 nitrogen and oxygen atoms in total. The first-order valence-electron chi connectivity index (χ1n) is 14.1. The van der Waals surface area contributed by atoms with Crippen LogP contribution in [-0.4, -0.2) is 114 Å². The maximum Gasteiger partial charge on any atom is 0.525 e. The van der Waals surface area contributed by atoms with Crippen LogP contribution in [0.4, 0.5) is 0 Å². The Hall–Kier alpha value is -4.56. The summed E-state index contributed by atoms with van der Waals surface area (Å²) in [7, 11) is -5.27. The molecule has 1 aromatic heterocycles. The zero-order valence-corrected chi connectivity index (χ0v) is 25.9. The van der Waals surface area contributed by atoms with E-state index >= 15 is 0 Å². The summed E-state index contributed by atoms with van der Waals surface area (Å²) in [5, 5.41) is 36.3. The Morgan fingerprint density at radius 3 is 2.36 bits per heavy atom. The van der Waals surface area contributed by atoms with Gasteiger partial charge in [0.2, 0.25) is 23.8 Å². The Labute approximate surface area is 266 Å². The summed E-state index contributed by atoms with van der Waals surface area (Å²) in [6, 6.07) is -3.73. The summed E-state index contributed by atoms with van der Waals surface area (Å²) in [6.07, 6.45) is -1.08. The molecule has 0 spiro atoms. The molecule has 0 saturated heterocycles. The number of phosphoric ester groups is 1. The number of carboxylic acids is 1. The molecular formula is C25H37N6O15P. The van der Waals surface area contributed by atoms with Crippen molar-refractivity contribution in [2.24, 2.45) is 5.73 Å². The van der Waals surface area contributed by atoms with Gasteiger partial charge in [0.1, 0.15) is 18.1 Å². The molecule has 0 aromatic carbocycles. The monoisotopic (exact) mass is 692 g/mol. The molecule has 262 valence electrons. The number of ether oxygens (including phenoxy) is 2. The van der Waals surface area contributed by atoms with Crippen molar-refractivity contribution in [2.45, 2.75) is 75.8 Å². The third kappa shape index (κ3) is 12.6. The largest absolute Gasteiger partial charge is 0.525 e. The molecule has 0 saturated carbocycles. The normalized spacial score (nSPS) is 17.1. The average molecular weight is 693 g/mol. The third-order valence-corrected chi connectivity index (χ3v) is 6.85. The van der Waals surface area contributed by atoms with Gasteiger partial charge in [-0.3, -0.25) is 29.0 Å². The number of carboxylic acid groups (broad SMARTS) is 1. The van der Waals surface area contributed by atoms with Crippen LogP contribution in [0.2, 0.25) is 0 Å². The zero-order valence-electron chi connectivity index (χ0n) is 25.0. The first kappa shape index (κ1) is 38.6. The standard InChI is InChI=1S/C25H37N6O15P/c1-12(22(36)30-14(4-2-3-7-26)23(37)31-15(24(38)39)8-13-9-27-11-28-13)29-17(33)5-6-18(34)44-16(10-32)20-19(35)21(25(40)45-20)46-47(41,42)43/h9,11-12,14-16,20,32,35H,2-8,10,26H2,1H3,(H,27,28)(H,29,33)(H,30,36)(H,31,37)(H,38,39)(H2,41,42,43). The lowest BCUT2D eigenvalue weighted by Gasteiger charge is -2.23. The van der Waals surface area contributed by atoms with Crippen LogP contribution in [0.25, 0.3) is 0 Å². The van der Waals surface area contributed by atoms with E-state index in [4.69, 9.17) is 20.3 Å². The van der Waals surface area contributed by atoms with Gasteiger partial charge >= 0.3 is 25.7 Å². The number of aromatic amines is 1. The first-order valence-corrected chi connectivity index (χ1v) is 15.6. The summed E-state index contributed by atoms with van der Waals surface area (Å²) in [6.45, 7) is 0.585. The molecule has 22 heteroatoms. The number of amides is 3. The van der Waals surface area contributed by atoms with Crippen LogP contribution in [-0.2, 0) is 53.8 Å². The van der Waals surface area contributed by atoms with Crippen molar-refractivity contribution in [3.63, 3.8) is 0 Å². The van der Waals surface area contributed by atoms with E-state index in [1.165, 1.54) is 19.4 Å². The van der Waals surface area contributed by atoms with Gasteiger partial charge in [-0.1, -0.05) is 0 Å². The van der Waals surface area contributed by atoms with E-state index in [1.807, 2.05) is 0 Å². The number of rotatable bonds is 20. The summed E-state index contributed by atoms with van der Waals surface area (Å²) < 4.78 is 24.6. The molecule has 0 radical (unpaired) electrons. The number of hydrogen-bond donors (Lipinski definition) is 10. The van der Waals surface area contributed by atoms with Crippen molar-refractivity contribution in [3.8, 4) is 0 Å². The Balaban J connectivity index is 1.92. The lowest BCUT2D eigenvalue weighted by Crippen LogP contribution is -2.55. The number of nitrogens with one attached hydrogen (secondary N) is 4. The number of nitrogens with two attached hydrogens (primary N) is 1. The Morgan fingerprint density at radius 1 is 1.11 bits per heavy atom. The van der Waals surface area contributed by atoms with Gasteiger partial charge in [-0.25, -0.2) is 19.1 Å². The van der Waals surface area contributed by atoms with Crippen LogP contribution in [0.5, 0.6) is 0 Å². The molecule has 2 rings (SSSR count). The number of aliphatic carboxylic acids is 1. The summed E-state index contributed by atoms with van der Waals surface area (Å²) >= 11 is 0. The number of carbonyl (C=O) groups is 6. The molecule has 11 N–H and O–H groups in total. The van der Waals surface area contributed by atoms with Crippen LogP contribution >= 0.6 is 7.82 Å². The van der Waals surface area contributed by atoms with Crippen molar-refractivity contribution in [1.82, 2.24) is 25.9 Å². The quantitative estimate of drug-likeness (QED) is 0.0373. The number of H-pyrrole nitrogens is 1. The van der Waals surface area contributed by atoms with E-state index in [0.29, 0.717) is 25.1 Å². The fraction of sp³-hybridized carbons (Fsp3) is 0.560. The molecule has 5 atom stereocenters. The van der Waals surface area contributed by atoms with Crippen molar-refractivity contribution in [1.29, 1.82) is 0 Å². The summed E-state index contributed by atoms with van der Waals surface area (Å²) in [4.78, 5) is 98.3. The van der Waals surface area contributed by atoms with E-state index in [-0.39, 0.29) is 12.8 Å². The Bertz CT molecular complexity index is 1360. The molecular weight excluding hydrogens is 655 g/mol. The van der Waals surface area contributed by atoms with Gasteiger partial charge in [-0.2, -0.15) is 0 Å². The number of phosphoric acid groups is 1. The van der Waals surface area contributed by atoms with Gasteiger partial charge in [0, 0.05) is 24.7 Å². The van der Waals surface area contributed by atoms with E-state index < -0.39 is 105 Å². The SMILES string of the molecule is CC(NC(=O)CCC(=O)OC(CO)C1OC(=O)C(OP(=O)(O)O)=C1O)C(=O)NC(CCCCN)C(=O)NC(Cc1cnc[nH]1)C(=O)O. The highest BCUT2D eigenvalue weighted by Gasteiger charge is 2.45. The summed E-state index contributed by atoms with van der Waals surface area (Å²) in [5.74, 6) is -8.71. The number of carbonyl (C=O) groups excluding carboxylic acids is 5. The molecule has 1 aromatic rings. The van der Waals surface area contributed by atoms with Gasteiger partial charge < -0.3 is 56.0 Å². The second-order valence-corrected chi connectivity index (χ2v) is 11.3. The van der Waals surface area contributed by atoms with Crippen molar-refractivity contribution in [3.05, 3.63) is 29.7 Å². The number of cyclic esters (lactones) is 1. The highest BCUT2D eigenvalue weighted by molar-refractivity contribution is 7.46. The fourth-order valence-electron chi connectivity index (χ4n) is 4.08. The number of imidazole rings is 1. The minimum absolute atomic E-state index is 0.103. The first-order chi connectivity index (χ1) is 22.1. The molecule has 2 heterocycles. The van der Waals surface area contributed by atoms with Crippen LogP contribution in [0.15, 0.2) is 24.0 Å². The number of aliphatic hydroxyl groups is 2. The minimum atomic E-state index is -5.27. The van der Waals surface area contributed by atoms with Gasteiger partial charge in [-0.05, 0) is 32.7 Å². The maximum atomic E-state index is 13.0. The van der Waals surface area contributed by atoms with Gasteiger partial charge in [0.15, 0.2) is 11.9 Å². The molecule has 5 unspecified atom stereocenters. The molecule has 0 bridgehead atoms. The van der Waals surface area contributed by atoms with Crippen LogP contribution in [0.3, 0.4) is 0 Å². The maximum absolute atomic E-state index is 13.0. The number of aliphatic hydroxyl groups excluding tert-OH is 2. The van der Waals surface area contributed by atoms with Crippen LogP contribution < -0.4 is 21.7 Å². The minimum Gasteiger partial charge on any atom is -0.505 e. The van der Waals surface area contributed by atoms with Crippen molar-refractivity contribution in [2.75, 3.05) is 13.2 Å². The average Bonchev–Trinajstić information content (AvgIpc) is 3.60. The molecule has 1 aliphatic rings. The fourth-order valence-corrected chi connectivity index (χ4v) is 4.48. The van der Waals surface area contributed by atoms with Gasteiger partial charge in [0.05, 0.1) is 19.4 Å². The van der Waals surface area contributed by atoms with Gasteiger partial charge in [0.25, 0.3) is 5.76 Å². The Morgan fingerprint density at radius 2 is 1.79 bits per heavy atom. The number of esters is 2. The van der Waals surface area contributed by atoms with E-state index in [0.717, 1.165) is 0 Å². The lowest BCUT2D eigenvalue weighted by molar-refractivity contribution is -0.165. The van der Waals surface area contributed by atoms with E-state index in [2.05, 4.69) is 35.2 Å². The third-order valence-electron chi connectivity index (χ3n) is 6.43. The number of hydrogen-bond acceptors (Lipinski definition) is 14. The van der Waals surface area contributed by atoms with E-state index in [9.17, 15) is 48.7 Å². The van der Waals surface area contributed by atoms with E-state index in [1.54, 1.807) is 0 Å². The molecule has 0 aliphatic carbocycles. The predicted molar refractivity (Wildman–Crippen MR) is 153 cm³/mol. The van der Waals surface area contributed by atoms with Crippen LogP contribution in [0.1, 0.15) is 44.7 Å². The van der Waals surface area contributed by atoms with Crippen molar-refractivity contribution >= 4 is 43.5 Å². The van der Waals surface area contributed by atoms with Gasteiger partial charge in [-0.15, -0.1) is 0 Å².